The van der Waals surface area contributed by atoms with Crippen molar-refractivity contribution in [2.45, 2.75) is 6.92 Å². The summed E-state index contributed by atoms with van der Waals surface area (Å²) < 4.78 is 5.05. The van der Waals surface area contributed by atoms with Gasteiger partial charge in [0, 0.05) is 0 Å². The Morgan fingerprint density at radius 1 is 1.35 bits per heavy atom. The van der Waals surface area contributed by atoms with Gasteiger partial charge in [-0.2, -0.15) is 0 Å². The van der Waals surface area contributed by atoms with E-state index in [1.807, 2.05) is 6.07 Å². The lowest BCUT2D eigenvalue weighted by atomic mass is 10.0. The number of rotatable bonds is 4. The molecule has 3 nitrogen and oxygen atoms in total. The number of allylic oxidation sites excluding steroid dienone is 2. The van der Waals surface area contributed by atoms with E-state index in [9.17, 15) is 9.90 Å². The molecule has 0 unspecified atom stereocenters. The molecule has 0 aliphatic carbocycles. The summed E-state index contributed by atoms with van der Waals surface area (Å²) in [4.78, 5) is 11.0. The molecule has 1 N–H and O–H groups in total. The number of ether oxygens (including phenoxy) is 1. The predicted octanol–water partition coefficient (Wildman–Crippen LogP) is 2.89. The molecule has 0 saturated carbocycles. The van der Waals surface area contributed by atoms with Crippen molar-refractivity contribution in [3.63, 3.8) is 0 Å². The van der Waals surface area contributed by atoms with Gasteiger partial charge in [0.25, 0.3) is 0 Å². The first-order valence-electron chi connectivity index (χ1n) is 5.05. The highest BCUT2D eigenvalue weighted by Crippen LogP contribution is 2.25. The molecule has 0 fully saturated rings. The topological polar surface area (TPSA) is 46.5 Å². The van der Waals surface area contributed by atoms with Crippen molar-refractivity contribution in [3.05, 3.63) is 59.6 Å². The van der Waals surface area contributed by atoms with Crippen LogP contribution in [-0.4, -0.2) is 18.2 Å². The van der Waals surface area contributed by atoms with Crippen molar-refractivity contribution >= 4 is 11.5 Å². The van der Waals surface area contributed by atoms with Gasteiger partial charge >= 0.3 is 0 Å². The first kappa shape index (κ1) is 12.8. The zero-order chi connectivity index (χ0) is 12.8. The lowest BCUT2D eigenvalue weighted by molar-refractivity contribution is 0.276. The zero-order valence-electron chi connectivity index (χ0n) is 9.86. The monoisotopic (exact) mass is 230 g/mol. The minimum atomic E-state index is -0.144. The van der Waals surface area contributed by atoms with Gasteiger partial charge in [-0.3, -0.25) is 0 Å². The maximum absolute atomic E-state index is 11.0. The highest BCUT2D eigenvalue weighted by molar-refractivity contribution is 5.96. The highest BCUT2D eigenvalue weighted by atomic mass is 16.5. The quantitative estimate of drug-likeness (QED) is 0.491. The summed E-state index contributed by atoms with van der Waals surface area (Å²) in [6.45, 7) is 5.23. The Bertz CT molecular complexity index is 491. The first-order chi connectivity index (χ1) is 8.11. The molecular weight excluding hydrogens is 216 g/mol. The van der Waals surface area contributed by atoms with Crippen molar-refractivity contribution in [1.29, 1.82) is 0 Å². The fourth-order valence-corrected chi connectivity index (χ4v) is 1.35. The summed E-state index contributed by atoms with van der Waals surface area (Å²) in [5.74, 6) is 1.73. The van der Waals surface area contributed by atoms with Crippen molar-refractivity contribution in [1.82, 2.24) is 0 Å². The summed E-state index contributed by atoms with van der Waals surface area (Å²) in [7, 11) is 1.38. The van der Waals surface area contributed by atoms with Crippen LogP contribution in [-0.2, 0) is 9.53 Å². The molecule has 0 radical (unpaired) electrons. The smallest absolute Gasteiger partial charge is 0.179 e. The molecule has 1 rings (SSSR count). The maximum Gasteiger partial charge on any atom is 0.179 e. The van der Waals surface area contributed by atoms with Crippen LogP contribution in [0.3, 0.4) is 0 Å². The number of hydrogen-bond acceptors (Lipinski definition) is 3. The Labute approximate surface area is 100 Å². The third-order valence-electron chi connectivity index (χ3n) is 2.22. The van der Waals surface area contributed by atoms with Gasteiger partial charge in [0.2, 0.25) is 0 Å². The van der Waals surface area contributed by atoms with Crippen molar-refractivity contribution in [2.75, 3.05) is 7.11 Å². The third-order valence-corrected chi connectivity index (χ3v) is 2.22. The van der Waals surface area contributed by atoms with E-state index in [1.165, 1.54) is 7.11 Å². The molecule has 0 aliphatic heterocycles. The molecule has 0 aromatic heterocycles. The zero-order valence-corrected chi connectivity index (χ0v) is 9.86. The summed E-state index contributed by atoms with van der Waals surface area (Å²) >= 11 is 0. The van der Waals surface area contributed by atoms with Crippen LogP contribution in [0.1, 0.15) is 12.5 Å². The standard InChI is InChI=1S/C14H14O3/c1-10(2)13(16)14(17-3)12(9-15)11-7-5-4-6-8-11/h4-8,16H,1H2,2-3H3/b14-13-. The van der Waals surface area contributed by atoms with Gasteiger partial charge in [-0.05, 0) is 18.1 Å². The van der Waals surface area contributed by atoms with Crippen LogP contribution in [0.2, 0.25) is 0 Å². The molecule has 0 atom stereocenters. The van der Waals surface area contributed by atoms with E-state index in [1.54, 1.807) is 37.1 Å². The highest BCUT2D eigenvalue weighted by Gasteiger charge is 2.15. The molecule has 1 aromatic rings. The van der Waals surface area contributed by atoms with Crippen LogP contribution in [0.15, 0.2) is 54.0 Å². The lowest BCUT2D eigenvalue weighted by Crippen LogP contribution is -1.99. The van der Waals surface area contributed by atoms with Gasteiger partial charge in [0.05, 0.1) is 7.11 Å². The Morgan fingerprint density at radius 2 is 1.94 bits per heavy atom. The summed E-state index contributed by atoms with van der Waals surface area (Å²) in [5.41, 5.74) is 1.23. The normalized spacial score (nSPS) is 11.2. The molecule has 88 valence electrons. The van der Waals surface area contributed by atoms with Crippen molar-refractivity contribution in [2.24, 2.45) is 0 Å². The van der Waals surface area contributed by atoms with Crippen LogP contribution < -0.4 is 0 Å². The van der Waals surface area contributed by atoms with Crippen molar-refractivity contribution < 1.29 is 14.6 Å². The number of aliphatic hydroxyl groups excluding tert-OH is 1. The SMILES string of the molecule is C=C(C)/C(O)=C(/OC)C(=C=O)c1ccccc1. The van der Waals surface area contributed by atoms with Gasteiger partial charge in [-0.15, -0.1) is 0 Å². The summed E-state index contributed by atoms with van der Waals surface area (Å²) in [6, 6.07) is 8.90. The fraction of sp³-hybridized carbons (Fsp3) is 0.143. The average molecular weight is 230 g/mol. The molecule has 17 heavy (non-hydrogen) atoms. The van der Waals surface area contributed by atoms with E-state index in [2.05, 4.69) is 6.58 Å². The summed E-state index contributed by atoms with van der Waals surface area (Å²) in [6.07, 6.45) is 0. The van der Waals surface area contributed by atoms with Gasteiger partial charge < -0.3 is 9.84 Å². The van der Waals surface area contributed by atoms with Gasteiger partial charge in [-0.1, -0.05) is 36.9 Å². The average Bonchev–Trinajstić information content (AvgIpc) is 2.35. The van der Waals surface area contributed by atoms with E-state index in [0.29, 0.717) is 11.1 Å². The van der Waals surface area contributed by atoms with Gasteiger partial charge in [0.1, 0.15) is 11.5 Å². The second-order valence-electron chi connectivity index (χ2n) is 3.51. The Balaban J connectivity index is 3.34. The van der Waals surface area contributed by atoms with Gasteiger partial charge in [0.15, 0.2) is 11.5 Å². The lowest BCUT2D eigenvalue weighted by Gasteiger charge is -2.10. The number of aliphatic hydroxyl groups is 1. The Hall–Kier alpha value is -2.25. The minimum Gasteiger partial charge on any atom is -0.504 e. The van der Waals surface area contributed by atoms with E-state index in [-0.39, 0.29) is 17.1 Å². The number of hydrogen-bond donors (Lipinski definition) is 1. The molecule has 0 aliphatic rings. The van der Waals surface area contributed by atoms with Crippen LogP contribution in [0.4, 0.5) is 0 Å². The number of methoxy groups -OCH3 is 1. The largest absolute Gasteiger partial charge is 0.504 e. The van der Waals surface area contributed by atoms with E-state index < -0.39 is 0 Å². The van der Waals surface area contributed by atoms with Crippen LogP contribution >= 0.6 is 0 Å². The van der Waals surface area contributed by atoms with Crippen LogP contribution in [0.5, 0.6) is 0 Å². The maximum atomic E-state index is 11.0. The molecule has 0 spiro atoms. The first-order valence-corrected chi connectivity index (χ1v) is 5.05. The third kappa shape index (κ3) is 2.86. The molecule has 1 aromatic carbocycles. The van der Waals surface area contributed by atoms with E-state index in [0.717, 1.165) is 0 Å². The molecule has 0 amide bonds. The molecule has 0 heterocycles. The molecule has 0 bridgehead atoms. The molecule has 0 saturated heterocycles. The second-order valence-corrected chi connectivity index (χ2v) is 3.51. The number of benzene rings is 1. The van der Waals surface area contributed by atoms with Crippen LogP contribution in [0.25, 0.3) is 5.57 Å². The molecule has 3 heteroatoms. The van der Waals surface area contributed by atoms with Crippen molar-refractivity contribution in [3.8, 4) is 0 Å². The van der Waals surface area contributed by atoms with E-state index >= 15 is 0 Å². The minimum absolute atomic E-state index is 0.0821. The molecular formula is C14H14O3. The van der Waals surface area contributed by atoms with E-state index in [4.69, 9.17) is 4.74 Å². The Kier molecular flexibility index (Phi) is 4.32. The second kappa shape index (κ2) is 5.73. The Morgan fingerprint density at radius 3 is 2.35 bits per heavy atom. The fourth-order valence-electron chi connectivity index (χ4n) is 1.35. The number of carbonyl (C=O) groups excluding carboxylic acids is 1. The van der Waals surface area contributed by atoms with Gasteiger partial charge in [-0.25, -0.2) is 4.79 Å². The summed E-state index contributed by atoms with van der Waals surface area (Å²) in [5, 5.41) is 9.80. The predicted molar refractivity (Wildman–Crippen MR) is 67.0 cm³/mol. The van der Waals surface area contributed by atoms with Crippen LogP contribution in [0, 0.1) is 0 Å².